The average molecular weight is 284 g/mol. The molecule has 2 rings (SSSR count). The molecule has 0 aliphatic heterocycles. The summed E-state index contributed by atoms with van der Waals surface area (Å²) < 4.78 is 0. The quantitative estimate of drug-likeness (QED) is 0.391. The molecule has 0 aliphatic rings. The Bertz CT molecular complexity index is 650. The maximum Gasteiger partial charge on any atom is 0.174 e. The van der Waals surface area contributed by atoms with E-state index in [1.165, 1.54) is 11.1 Å². The predicted octanol–water partition coefficient (Wildman–Crippen LogP) is 2.43. The van der Waals surface area contributed by atoms with Gasteiger partial charge in [-0.05, 0) is 31.0 Å². The zero-order chi connectivity index (χ0) is 15.4. The number of aromatic nitrogens is 1. The molecule has 2 aromatic rings. The first-order chi connectivity index (χ1) is 10.0. The summed E-state index contributed by atoms with van der Waals surface area (Å²) in [6.45, 7) is 4.67. The molecule has 0 unspecified atom stereocenters. The first kappa shape index (κ1) is 14.8. The topological polar surface area (TPSA) is 74.7 Å². The fourth-order valence-electron chi connectivity index (χ4n) is 2.24. The van der Waals surface area contributed by atoms with E-state index in [1.807, 2.05) is 24.9 Å². The van der Waals surface area contributed by atoms with Gasteiger partial charge in [-0.25, -0.2) is 4.98 Å². The lowest BCUT2D eigenvalue weighted by atomic mass is 10.1. The molecular formula is C16H20N4O. The predicted molar refractivity (Wildman–Crippen MR) is 84.8 cm³/mol. The van der Waals surface area contributed by atoms with E-state index in [1.54, 1.807) is 6.20 Å². The van der Waals surface area contributed by atoms with Gasteiger partial charge in [0.15, 0.2) is 5.84 Å². The van der Waals surface area contributed by atoms with Crippen molar-refractivity contribution in [2.24, 2.45) is 10.9 Å². The molecule has 0 radical (unpaired) electrons. The second-order valence-electron chi connectivity index (χ2n) is 5.15. The van der Waals surface area contributed by atoms with Crippen LogP contribution in [-0.4, -0.2) is 23.1 Å². The molecule has 0 amide bonds. The Hall–Kier alpha value is -2.56. The van der Waals surface area contributed by atoms with Gasteiger partial charge in [0.25, 0.3) is 0 Å². The Morgan fingerprint density at radius 1 is 1.24 bits per heavy atom. The van der Waals surface area contributed by atoms with E-state index in [2.05, 4.69) is 41.3 Å². The van der Waals surface area contributed by atoms with E-state index in [9.17, 15) is 0 Å². The molecule has 0 saturated carbocycles. The molecule has 21 heavy (non-hydrogen) atoms. The lowest BCUT2D eigenvalue weighted by Crippen LogP contribution is -2.24. The fraction of sp³-hybridized carbons (Fsp3) is 0.250. The zero-order valence-corrected chi connectivity index (χ0v) is 12.5. The van der Waals surface area contributed by atoms with Crippen molar-refractivity contribution < 1.29 is 5.21 Å². The van der Waals surface area contributed by atoms with Crippen LogP contribution in [0.4, 0.5) is 5.82 Å². The van der Waals surface area contributed by atoms with Crippen molar-refractivity contribution in [1.82, 2.24) is 4.98 Å². The number of oxime groups is 1. The number of pyridine rings is 1. The maximum atomic E-state index is 8.96. The Labute approximate surface area is 124 Å². The number of hydrogen-bond donors (Lipinski definition) is 2. The first-order valence-electron chi connectivity index (χ1n) is 6.73. The minimum absolute atomic E-state index is 0.0753. The van der Waals surface area contributed by atoms with Crippen LogP contribution < -0.4 is 10.6 Å². The van der Waals surface area contributed by atoms with Gasteiger partial charge in [0.2, 0.25) is 0 Å². The summed E-state index contributed by atoms with van der Waals surface area (Å²) in [5, 5.41) is 12.1. The highest BCUT2D eigenvalue weighted by Gasteiger charge is 2.15. The van der Waals surface area contributed by atoms with Crippen LogP contribution in [0.1, 0.15) is 22.3 Å². The second kappa shape index (κ2) is 6.26. The molecule has 0 fully saturated rings. The molecular weight excluding hydrogens is 264 g/mol. The number of amidine groups is 1. The van der Waals surface area contributed by atoms with Crippen molar-refractivity contribution in [3.8, 4) is 0 Å². The lowest BCUT2D eigenvalue weighted by Gasteiger charge is -2.22. The van der Waals surface area contributed by atoms with Crippen LogP contribution in [0.5, 0.6) is 0 Å². The average Bonchev–Trinajstić information content (AvgIpc) is 2.48. The number of hydrogen-bond acceptors (Lipinski definition) is 4. The molecule has 3 N–H and O–H groups in total. The van der Waals surface area contributed by atoms with Crippen molar-refractivity contribution >= 4 is 11.7 Å². The van der Waals surface area contributed by atoms with Crippen LogP contribution >= 0.6 is 0 Å². The summed E-state index contributed by atoms with van der Waals surface area (Å²) in [6, 6.07) is 10.2. The molecule has 0 atom stereocenters. The molecule has 0 spiro atoms. The van der Waals surface area contributed by atoms with Crippen LogP contribution in [0, 0.1) is 13.8 Å². The number of anilines is 1. The maximum absolute atomic E-state index is 8.96. The summed E-state index contributed by atoms with van der Waals surface area (Å²) in [5.41, 5.74) is 9.77. The van der Waals surface area contributed by atoms with E-state index in [0.29, 0.717) is 17.9 Å². The first-order valence-corrected chi connectivity index (χ1v) is 6.73. The number of benzene rings is 1. The third-order valence-electron chi connectivity index (χ3n) is 3.41. The van der Waals surface area contributed by atoms with Crippen LogP contribution in [-0.2, 0) is 6.54 Å². The Balaban J connectivity index is 2.33. The number of rotatable bonds is 4. The molecule has 110 valence electrons. The number of nitrogens with two attached hydrogens (primary N) is 1. The van der Waals surface area contributed by atoms with Gasteiger partial charge in [-0.15, -0.1) is 0 Å². The van der Waals surface area contributed by atoms with Gasteiger partial charge in [0.1, 0.15) is 5.82 Å². The van der Waals surface area contributed by atoms with E-state index in [0.717, 1.165) is 5.56 Å². The van der Waals surface area contributed by atoms with Gasteiger partial charge in [0, 0.05) is 19.8 Å². The van der Waals surface area contributed by atoms with Gasteiger partial charge in [-0.2, -0.15) is 0 Å². The normalized spacial score (nSPS) is 11.5. The number of aryl methyl sites for hydroxylation is 2. The molecule has 5 nitrogen and oxygen atoms in total. The van der Waals surface area contributed by atoms with E-state index in [-0.39, 0.29) is 5.84 Å². The lowest BCUT2D eigenvalue weighted by molar-refractivity contribution is 0.318. The molecule has 0 aliphatic carbocycles. The van der Waals surface area contributed by atoms with Gasteiger partial charge in [0.05, 0.1) is 5.56 Å². The molecule has 0 bridgehead atoms. The Morgan fingerprint density at radius 2 is 1.90 bits per heavy atom. The fourth-order valence-corrected chi connectivity index (χ4v) is 2.24. The third-order valence-corrected chi connectivity index (χ3v) is 3.41. The van der Waals surface area contributed by atoms with E-state index < -0.39 is 0 Å². The highest BCUT2D eigenvalue weighted by molar-refractivity contribution is 6.02. The van der Waals surface area contributed by atoms with E-state index in [4.69, 9.17) is 10.9 Å². The van der Waals surface area contributed by atoms with Crippen molar-refractivity contribution in [1.29, 1.82) is 0 Å². The molecule has 1 heterocycles. The molecule has 0 saturated heterocycles. The zero-order valence-electron chi connectivity index (χ0n) is 12.5. The van der Waals surface area contributed by atoms with Gasteiger partial charge < -0.3 is 15.8 Å². The summed E-state index contributed by atoms with van der Waals surface area (Å²) in [7, 11) is 1.94. The van der Waals surface area contributed by atoms with E-state index >= 15 is 0 Å². The van der Waals surface area contributed by atoms with Gasteiger partial charge in [-0.3, -0.25) is 0 Å². The molecule has 1 aromatic carbocycles. The van der Waals surface area contributed by atoms with Crippen LogP contribution in [0.3, 0.4) is 0 Å². The summed E-state index contributed by atoms with van der Waals surface area (Å²) in [6.07, 6.45) is 1.73. The molecule has 1 aromatic heterocycles. The second-order valence-corrected chi connectivity index (χ2v) is 5.15. The Morgan fingerprint density at radius 3 is 2.52 bits per heavy atom. The largest absolute Gasteiger partial charge is 0.409 e. The standard InChI is InChI=1S/C16H20N4O/c1-11-4-6-13(7-5-11)10-20(3)16-14(15(17)19-21)12(2)8-9-18-16/h4-9,21H,10H2,1-3H3,(H2,17,19). The SMILES string of the molecule is Cc1ccc(CN(C)c2nccc(C)c2/C(N)=N/O)cc1. The Kier molecular flexibility index (Phi) is 4.42. The van der Waals surface area contributed by atoms with Crippen LogP contribution in [0.2, 0.25) is 0 Å². The highest BCUT2D eigenvalue weighted by atomic mass is 16.4. The summed E-state index contributed by atoms with van der Waals surface area (Å²) >= 11 is 0. The monoisotopic (exact) mass is 284 g/mol. The molecule has 5 heteroatoms. The summed E-state index contributed by atoms with van der Waals surface area (Å²) in [5.74, 6) is 0.775. The van der Waals surface area contributed by atoms with Crippen molar-refractivity contribution in [2.45, 2.75) is 20.4 Å². The van der Waals surface area contributed by atoms with Crippen molar-refractivity contribution in [3.63, 3.8) is 0 Å². The summed E-state index contributed by atoms with van der Waals surface area (Å²) in [4.78, 5) is 6.37. The third kappa shape index (κ3) is 3.31. The van der Waals surface area contributed by atoms with Crippen molar-refractivity contribution in [3.05, 3.63) is 58.8 Å². The number of nitrogens with zero attached hydrogens (tertiary/aromatic N) is 3. The van der Waals surface area contributed by atoms with Crippen molar-refractivity contribution in [2.75, 3.05) is 11.9 Å². The highest BCUT2D eigenvalue weighted by Crippen LogP contribution is 2.21. The van der Waals surface area contributed by atoms with Gasteiger partial charge in [-0.1, -0.05) is 35.0 Å². The minimum atomic E-state index is 0.0753. The minimum Gasteiger partial charge on any atom is -0.409 e. The smallest absolute Gasteiger partial charge is 0.174 e. The van der Waals surface area contributed by atoms with Gasteiger partial charge >= 0.3 is 0 Å². The van der Waals surface area contributed by atoms with Crippen LogP contribution in [0.15, 0.2) is 41.7 Å². The van der Waals surface area contributed by atoms with Crippen LogP contribution in [0.25, 0.3) is 0 Å².